The predicted octanol–water partition coefficient (Wildman–Crippen LogP) is 3.79. The first kappa shape index (κ1) is 21.2. The minimum absolute atomic E-state index is 0.184. The summed E-state index contributed by atoms with van der Waals surface area (Å²) in [5.41, 5.74) is 0. The molecule has 0 fully saturated rings. The van der Waals surface area contributed by atoms with Gasteiger partial charge >= 0.3 is 0 Å². The maximum atomic E-state index is 9.26. The van der Waals surface area contributed by atoms with Crippen LogP contribution in [0.4, 0.5) is 0 Å². The summed E-state index contributed by atoms with van der Waals surface area (Å²) in [5.74, 6) is 0.705. The molecule has 0 aliphatic heterocycles. The molecule has 0 heterocycles. The van der Waals surface area contributed by atoms with Gasteiger partial charge in [0.2, 0.25) is 0 Å². The normalized spacial score (nSPS) is 13.5. The molecule has 0 bridgehead atoms. The lowest BCUT2D eigenvalue weighted by molar-refractivity contribution is 0.128. The Hall–Kier alpha value is -0.0800. The SMILES string of the molecule is CC.CC.CC(C)CC(CC(C)O)N(C)C. The molecule has 2 heteroatoms. The second-order valence-corrected chi connectivity index (χ2v) is 4.33. The van der Waals surface area contributed by atoms with E-state index in [4.69, 9.17) is 0 Å². The molecule has 0 amide bonds. The molecule has 2 atom stereocenters. The molecule has 2 unspecified atom stereocenters. The zero-order valence-corrected chi connectivity index (χ0v) is 13.0. The van der Waals surface area contributed by atoms with Crippen molar-refractivity contribution in [1.82, 2.24) is 4.90 Å². The lowest BCUT2D eigenvalue weighted by atomic mass is 9.98. The van der Waals surface area contributed by atoms with Crippen LogP contribution in [0.15, 0.2) is 0 Å². The molecule has 2 nitrogen and oxygen atoms in total. The van der Waals surface area contributed by atoms with Gasteiger partial charge < -0.3 is 10.0 Å². The molecule has 1 N–H and O–H groups in total. The summed E-state index contributed by atoms with van der Waals surface area (Å²) in [6.45, 7) is 14.3. The molecule has 0 spiro atoms. The van der Waals surface area contributed by atoms with E-state index in [0.717, 1.165) is 12.8 Å². The highest BCUT2D eigenvalue weighted by molar-refractivity contribution is 4.70. The summed E-state index contributed by atoms with van der Waals surface area (Å²) < 4.78 is 0. The van der Waals surface area contributed by atoms with Crippen molar-refractivity contribution >= 4 is 0 Å². The molecule has 0 aliphatic rings. The molecule has 0 saturated heterocycles. The number of rotatable bonds is 5. The van der Waals surface area contributed by atoms with E-state index in [0.29, 0.717) is 12.0 Å². The van der Waals surface area contributed by atoms with Crippen LogP contribution in [0.1, 0.15) is 61.3 Å². The van der Waals surface area contributed by atoms with Crippen molar-refractivity contribution in [3.8, 4) is 0 Å². The maximum Gasteiger partial charge on any atom is 0.0527 e. The Morgan fingerprint density at radius 3 is 1.44 bits per heavy atom. The van der Waals surface area contributed by atoms with Gasteiger partial charge in [-0.05, 0) is 39.8 Å². The predicted molar refractivity (Wildman–Crippen MR) is 75.9 cm³/mol. The first-order valence-corrected chi connectivity index (χ1v) is 6.78. The molecule has 0 rings (SSSR count). The Morgan fingerprint density at radius 2 is 1.25 bits per heavy atom. The van der Waals surface area contributed by atoms with E-state index in [9.17, 15) is 5.11 Å². The highest BCUT2D eigenvalue weighted by atomic mass is 16.3. The van der Waals surface area contributed by atoms with E-state index in [1.165, 1.54) is 0 Å². The van der Waals surface area contributed by atoms with Crippen molar-refractivity contribution in [3.63, 3.8) is 0 Å². The van der Waals surface area contributed by atoms with Crippen molar-refractivity contribution in [2.75, 3.05) is 14.1 Å². The highest BCUT2D eigenvalue weighted by Crippen LogP contribution is 2.13. The number of aliphatic hydroxyl groups is 1. The van der Waals surface area contributed by atoms with Gasteiger partial charge in [0.1, 0.15) is 0 Å². The first-order valence-electron chi connectivity index (χ1n) is 6.78. The zero-order valence-electron chi connectivity index (χ0n) is 13.0. The van der Waals surface area contributed by atoms with Crippen molar-refractivity contribution in [2.24, 2.45) is 5.92 Å². The molecule has 102 valence electrons. The molecule has 0 radical (unpaired) electrons. The van der Waals surface area contributed by atoms with Gasteiger partial charge in [0.15, 0.2) is 0 Å². The minimum Gasteiger partial charge on any atom is -0.393 e. The van der Waals surface area contributed by atoms with Gasteiger partial charge in [-0.3, -0.25) is 0 Å². The average molecular weight is 233 g/mol. The fraction of sp³-hybridized carbons (Fsp3) is 1.00. The van der Waals surface area contributed by atoms with E-state index in [-0.39, 0.29) is 6.10 Å². The van der Waals surface area contributed by atoms with Crippen molar-refractivity contribution in [3.05, 3.63) is 0 Å². The molecule has 0 aliphatic carbocycles. The third-order valence-corrected chi connectivity index (χ3v) is 2.09. The Balaban J connectivity index is -0.000000376. The van der Waals surface area contributed by atoms with Gasteiger partial charge in [0, 0.05) is 6.04 Å². The maximum absolute atomic E-state index is 9.26. The number of nitrogens with zero attached hydrogens (tertiary/aromatic N) is 1. The van der Waals surface area contributed by atoms with E-state index < -0.39 is 0 Å². The van der Waals surface area contributed by atoms with E-state index in [2.05, 4.69) is 32.8 Å². The van der Waals surface area contributed by atoms with Gasteiger partial charge in [0.05, 0.1) is 6.10 Å². The average Bonchev–Trinajstić information content (AvgIpc) is 2.21. The van der Waals surface area contributed by atoms with Crippen LogP contribution in [-0.2, 0) is 0 Å². The molecular formula is C14H35NO. The first-order chi connectivity index (χ1) is 7.43. The Morgan fingerprint density at radius 1 is 0.875 bits per heavy atom. The molecular weight excluding hydrogens is 198 g/mol. The largest absolute Gasteiger partial charge is 0.393 e. The monoisotopic (exact) mass is 233 g/mol. The zero-order chi connectivity index (χ0) is 13.7. The quantitative estimate of drug-likeness (QED) is 0.781. The standard InChI is InChI=1S/C10H23NO.2C2H6/c1-8(2)6-10(11(4)5)7-9(3)12;2*1-2/h8-10,12H,6-7H2,1-5H3;2*1-2H3. The Bertz CT molecular complexity index is 101. The minimum atomic E-state index is -0.184. The van der Waals surface area contributed by atoms with Gasteiger partial charge in [-0.15, -0.1) is 0 Å². The van der Waals surface area contributed by atoms with Crippen LogP contribution in [0.3, 0.4) is 0 Å². The Kier molecular flexibility index (Phi) is 19.8. The summed E-state index contributed by atoms with van der Waals surface area (Å²) in [5, 5.41) is 9.26. The fourth-order valence-corrected chi connectivity index (χ4v) is 1.46. The number of aliphatic hydroxyl groups excluding tert-OH is 1. The summed E-state index contributed by atoms with van der Waals surface area (Å²) in [6, 6.07) is 0.519. The van der Waals surface area contributed by atoms with E-state index in [1.807, 2.05) is 34.6 Å². The third kappa shape index (κ3) is 16.4. The van der Waals surface area contributed by atoms with Crippen LogP contribution in [-0.4, -0.2) is 36.2 Å². The van der Waals surface area contributed by atoms with Crippen LogP contribution in [0.5, 0.6) is 0 Å². The third-order valence-electron chi connectivity index (χ3n) is 2.09. The molecule has 0 aromatic carbocycles. The summed E-state index contributed by atoms with van der Waals surface area (Å²) in [4.78, 5) is 2.20. The molecule has 0 saturated carbocycles. The second kappa shape index (κ2) is 14.9. The summed E-state index contributed by atoms with van der Waals surface area (Å²) in [6.07, 6.45) is 1.86. The summed E-state index contributed by atoms with van der Waals surface area (Å²) >= 11 is 0. The second-order valence-electron chi connectivity index (χ2n) is 4.33. The van der Waals surface area contributed by atoms with Crippen LogP contribution in [0.2, 0.25) is 0 Å². The number of hydrogen-bond acceptors (Lipinski definition) is 2. The van der Waals surface area contributed by atoms with Crippen LogP contribution >= 0.6 is 0 Å². The van der Waals surface area contributed by atoms with E-state index >= 15 is 0 Å². The van der Waals surface area contributed by atoms with Crippen LogP contribution in [0.25, 0.3) is 0 Å². The lowest BCUT2D eigenvalue weighted by Gasteiger charge is -2.26. The fourth-order valence-electron chi connectivity index (χ4n) is 1.46. The van der Waals surface area contributed by atoms with Crippen LogP contribution < -0.4 is 0 Å². The Labute approximate surface area is 104 Å². The van der Waals surface area contributed by atoms with Crippen molar-refractivity contribution in [1.29, 1.82) is 0 Å². The molecule has 0 aromatic rings. The topological polar surface area (TPSA) is 23.5 Å². The van der Waals surface area contributed by atoms with Gasteiger partial charge in [0.25, 0.3) is 0 Å². The summed E-state index contributed by atoms with van der Waals surface area (Å²) in [7, 11) is 4.16. The van der Waals surface area contributed by atoms with Crippen molar-refractivity contribution < 1.29 is 5.11 Å². The smallest absolute Gasteiger partial charge is 0.0527 e. The van der Waals surface area contributed by atoms with Crippen molar-refractivity contribution in [2.45, 2.75) is 73.5 Å². The van der Waals surface area contributed by atoms with Gasteiger partial charge in [-0.25, -0.2) is 0 Å². The van der Waals surface area contributed by atoms with E-state index in [1.54, 1.807) is 0 Å². The lowest BCUT2D eigenvalue weighted by Crippen LogP contribution is -2.32. The number of hydrogen-bond donors (Lipinski definition) is 1. The molecule has 16 heavy (non-hydrogen) atoms. The highest BCUT2D eigenvalue weighted by Gasteiger charge is 2.14. The molecule has 0 aromatic heterocycles. The van der Waals surface area contributed by atoms with Crippen LogP contribution in [0, 0.1) is 5.92 Å². The van der Waals surface area contributed by atoms with Gasteiger partial charge in [-0.1, -0.05) is 41.5 Å². The van der Waals surface area contributed by atoms with Gasteiger partial charge in [-0.2, -0.15) is 0 Å².